The summed E-state index contributed by atoms with van der Waals surface area (Å²) in [6.07, 6.45) is 0. The molecule has 0 bridgehead atoms. The fraction of sp³-hybridized carbons (Fsp3) is 0.118. The second kappa shape index (κ2) is 8.43. The van der Waals surface area contributed by atoms with Crippen LogP contribution in [0.3, 0.4) is 0 Å². The summed E-state index contributed by atoms with van der Waals surface area (Å²) in [5.41, 5.74) is 0.430. The van der Waals surface area contributed by atoms with Gasteiger partial charge in [-0.05, 0) is 43.3 Å². The number of carbonyl (C=O) groups is 3. The fourth-order valence-corrected chi connectivity index (χ4v) is 2.59. The molecule has 0 atom stereocenters. The van der Waals surface area contributed by atoms with Crippen LogP contribution in [0.2, 0.25) is 0 Å². The molecule has 0 radical (unpaired) electrons. The lowest BCUT2D eigenvalue weighted by Gasteiger charge is -2.10. The van der Waals surface area contributed by atoms with E-state index in [1.807, 2.05) is 0 Å². The van der Waals surface area contributed by atoms with E-state index in [0.717, 1.165) is 0 Å². The van der Waals surface area contributed by atoms with Crippen molar-refractivity contribution in [1.82, 2.24) is 0 Å². The van der Waals surface area contributed by atoms with Crippen molar-refractivity contribution in [2.24, 2.45) is 5.14 Å². The van der Waals surface area contributed by atoms with Crippen molar-refractivity contribution in [3.8, 4) is 0 Å². The average Bonchev–Trinajstić information content (AvgIpc) is 2.62. The molecule has 2 aromatic rings. The van der Waals surface area contributed by atoms with Gasteiger partial charge in [0.15, 0.2) is 0 Å². The first kappa shape index (κ1) is 20.1. The number of carbonyl (C=O) groups excluding carboxylic acids is 3. The second-order valence-electron chi connectivity index (χ2n) is 5.24. The molecule has 2 rings (SSSR count). The number of benzene rings is 2. The zero-order valence-corrected chi connectivity index (χ0v) is 15.1. The van der Waals surface area contributed by atoms with Crippen molar-refractivity contribution in [3.05, 3.63) is 54.1 Å². The highest BCUT2D eigenvalue weighted by Crippen LogP contribution is 2.17. The molecule has 27 heavy (non-hydrogen) atoms. The number of para-hydroxylation sites is 1. The molecule has 0 fully saturated rings. The smallest absolute Gasteiger partial charge is 0.340 e. The Morgan fingerprint density at radius 3 is 2.15 bits per heavy atom. The Labute approximate surface area is 155 Å². The number of ether oxygens (including phenoxy) is 1. The van der Waals surface area contributed by atoms with Crippen LogP contribution in [0.25, 0.3) is 0 Å². The molecule has 0 spiro atoms. The third-order valence-electron chi connectivity index (χ3n) is 3.32. The van der Waals surface area contributed by atoms with Gasteiger partial charge >= 0.3 is 17.8 Å². The highest BCUT2D eigenvalue weighted by Gasteiger charge is 2.19. The lowest BCUT2D eigenvalue weighted by molar-refractivity contribution is -0.133. The minimum Gasteiger partial charge on any atom is -0.462 e. The van der Waals surface area contributed by atoms with Crippen LogP contribution >= 0.6 is 0 Å². The maximum atomic E-state index is 12.1. The van der Waals surface area contributed by atoms with E-state index in [1.165, 1.54) is 36.4 Å². The third-order valence-corrected chi connectivity index (χ3v) is 4.25. The average molecular weight is 391 g/mol. The molecule has 0 heterocycles. The number of rotatable bonds is 5. The molecule has 0 aliphatic carbocycles. The van der Waals surface area contributed by atoms with Crippen LogP contribution in [-0.2, 0) is 24.3 Å². The molecule has 4 N–H and O–H groups in total. The van der Waals surface area contributed by atoms with Crippen molar-refractivity contribution in [2.75, 3.05) is 17.2 Å². The number of anilines is 2. The van der Waals surface area contributed by atoms with Crippen LogP contribution in [-0.4, -0.2) is 32.8 Å². The van der Waals surface area contributed by atoms with Gasteiger partial charge in [-0.2, -0.15) is 0 Å². The Kier molecular flexibility index (Phi) is 6.27. The van der Waals surface area contributed by atoms with Gasteiger partial charge in [-0.3, -0.25) is 9.59 Å². The third kappa shape index (κ3) is 5.36. The molecule has 10 heteroatoms. The fourth-order valence-electron chi connectivity index (χ4n) is 2.07. The van der Waals surface area contributed by atoms with Gasteiger partial charge in [0.05, 0.1) is 22.8 Å². The minimum atomic E-state index is -3.86. The summed E-state index contributed by atoms with van der Waals surface area (Å²) in [5.74, 6) is -2.65. The van der Waals surface area contributed by atoms with Crippen molar-refractivity contribution >= 4 is 39.2 Å². The van der Waals surface area contributed by atoms with Gasteiger partial charge in [0.1, 0.15) is 0 Å². The molecule has 2 aromatic carbocycles. The summed E-state index contributed by atoms with van der Waals surface area (Å²) < 4.78 is 27.3. The Morgan fingerprint density at radius 1 is 0.963 bits per heavy atom. The Hall–Kier alpha value is -3.24. The SMILES string of the molecule is CCOC(=O)c1ccccc1NC(=O)C(=O)Nc1ccc(S(N)(=O)=O)cc1. The first-order chi connectivity index (χ1) is 12.7. The maximum absolute atomic E-state index is 12.1. The standard InChI is InChI=1S/C17H17N3O6S/c1-2-26-17(23)13-5-3-4-6-14(13)20-16(22)15(21)19-11-7-9-12(10-8-11)27(18,24)25/h3-10H,2H2,1H3,(H,19,21)(H,20,22)(H2,18,24,25). The molecule has 0 saturated heterocycles. The van der Waals surface area contributed by atoms with Crippen LogP contribution in [0.4, 0.5) is 11.4 Å². The number of hydrogen-bond donors (Lipinski definition) is 3. The van der Waals surface area contributed by atoms with Crippen LogP contribution in [0, 0.1) is 0 Å². The van der Waals surface area contributed by atoms with Gasteiger partial charge in [0.2, 0.25) is 10.0 Å². The second-order valence-corrected chi connectivity index (χ2v) is 6.81. The highest BCUT2D eigenvalue weighted by atomic mass is 32.2. The minimum absolute atomic E-state index is 0.109. The monoisotopic (exact) mass is 391 g/mol. The number of nitrogens with one attached hydrogen (secondary N) is 2. The molecule has 0 aromatic heterocycles. The molecule has 0 aliphatic rings. The first-order valence-corrected chi connectivity index (χ1v) is 9.28. The summed E-state index contributed by atoms with van der Waals surface area (Å²) in [6.45, 7) is 1.81. The van der Waals surface area contributed by atoms with E-state index in [-0.39, 0.29) is 28.4 Å². The molecular weight excluding hydrogens is 374 g/mol. The van der Waals surface area contributed by atoms with E-state index < -0.39 is 27.8 Å². The molecule has 0 saturated carbocycles. The predicted octanol–water partition coefficient (Wildman–Crippen LogP) is 1.09. The quantitative estimate of drug-likeness (QED) is 0.514. The summed E-state index contributed by atoms with van der Waals surface area (Å²) in [4.78, 5) is 35.9. The molecule has 0 aliphatic heterocycles. The van der Waals surface area contributed by atoms with E-state index in [9.17, 15) is 22.8 Å². The van der Waals surface area contributed by atoms with Gasteiger partial charge in [-0.15, -0.1) is 0 Å². The first-order valence-electron chi connectivity index (χ1n) is 7.73. The number of sulfonamides is 1. The number of amides is 2. The van der Waals surface area contributed by atoms with E-state index >= 15 is 0 Å². The lowest BCUT2D eigenvalue weighted by Crippen LogP contribution is -2.29. The maximum Gasteiger partial charge on any atom is 0.340 e. The highest BCUT2D eigenvalue weighted by molar-refractivity contribution is 7.89. The van der Waals surface area contributed by atoms with Gasteiger partial charge in [-0.25, -0.2) is 18.4 Å². The summed E-state index contributed by atoms with van der Waals surface area (Å²) >= 11 is 0. The van der Waals surface area contributed by atoms with Gasteiger partial charge < -0.3 is 15.4 Å². The van der Waals surface area contributed by atoms with E-state index in [1.54, 1.807) is 19.1 Å². The summed E-state index contributed by atoms with van der Waals surface area (Å²) in [5, 5.41) is 9.63. The molecule has 2 amide bonds. The Morgan fingerprint density at radius 2 is 1.56 bits per heavy atom. The van der Waals surface area contributed by atoms with E-state index in [2.05, 4.69) is 10.6 Å². The van der Waals surface area contributed by atoms with Crippen LogP contribution in [0.5, 0.6) is 0 Å². The van der Waals surface area contributed by atoms with Gasteiger partial charge in [0, 0.05) is 5.69 Å². The topological polar surface area (TPSA) is 145 Å². The van der Waals surface area contributed by atoms with Crippen molar-refractivity contribution in [1.29, 1.82) is 0 Å². The predicted molar refractivity (Wildman–Crippen MR) is 97.5 cm³/mol. The Bertz CT molecular complexity index is 970. The molecular formula is C17H17N3O6S. The Balaban J connectivity index is 2.09. The number of hydrogen-bond acceptors (Lipinski definition) is 6. The number of esters is 1. The van der Waals surface area contributed by atoms with Gasteiger partial charge in [-0.1, -0.05) is 12.1 Å². The summed E-state index contributed by atoms with van der Waals surface area (Å²) in [6, 6.07) is 11.1. The van der Waals surface area contributed by atoms with Crippen molar-refractivity contribution in [2.45, 2.75) is 11.8 Å². The molecule has 0 unspecified atom stereocenters. The van der Waals surface area contributed by atoms with Crippen LogP contribution < -0.4 is 15.8 Å². The van der Waals surface area contributed by atoms with Crippen molar-refractivity contribution < 1.29 is 27.5 Å². The number of nitrogens with two attached hydrogens (primary N) is 1. The summed E-state index contributed by atoms with van der Waals surface area (Å²) in [7, 11) is -3.86. The van der Waals surface area contributed by atoms with Gasteiger partial charge in [0.25, 0.3) is 0 Å². The van der Waals surface area contributed by atoms with Crippen LogP contribution in [0.1, 0.15) is 17.3 Å². The zero-order chi connectivity index (χ0) is 20.0. The van der Waals surface area contributed by atoms with E-state index in [0.29, 0.717) is 0 Å². The van der Waals surface area contributed by atoms with E-state index in [4.69, 9.17) is 9.88 Å². The van der Waals surface area contributed by atoms with Crippen molar-refractivity contribution in [3.63, 3.8) is 0 Å². The lowest BCUT2D eigenvalue weighted by atomic mass is 10.2. The number of primary sulfonamides is 1. The molecule has 142 valence electrons. The molecule has 9 nitrogen and oxygen atoms in total. The normalized spacial score (nSPS) is 10.7. The zero-order valence-electron chi connectivity index (χ0n) is 14.3. The largest absolute Gasteiger partial charge is 0.462 e. The van der Waals surface area contributed by atoms with Crippen LogP contribution in [0.15, 0.2) is 53.4 Å².